The lowest BCUT2D eigenvalue weighted by atomic mass is 9.99. The van der Waals surface area contributed by atoms with Crippen LogP contribution in [-0.4, -0.2) is 44.7 Å². The SMILES string of the molecule is COc1ccc(NC(N)=NCC2CCCN(C)C2)cc1Cl.I. The van der Waals surface area contributed by atoms with Crippen LogP contribution in [0.1, 0.15) is 12.8 Å². The van der Waals surface area contributed by atoms with Crippen LogP contribution in [0.25, 0.3) is 0 Å². The van der Waals surface area contributed by atoms with Crippen molar-refractivity contribution in [2.24, 2.45) is 16.6 Å². The molecule has 1 heterocycles. The van der Waals surface area contributed by atoms with E-state index in [-0.39, 0.29) is 24.0 Å². The Morgan fingerprint density at radius 1 is 1.55 bits per heavy atom. The van der Waals surface area contributed by atoms with Crippen molar-refractivity contribution in [3.8, 4) is 5.75 Å². The van der Waals surface area contributed by atoms with Crippen molar-refractivity contribution in [2.45, 2.75) is 12.8 Å². The smallest absolute Gasteiger partial charge is 0.193 e. The number of likely N-dealkylation sites (tertiary alicyclic amines) is 1. The third-order valence-corrected chi connectivity index (χ3v) is 3.96. The van der Waals surface area contributed by atoms with E-state index in [4.69, 9.17) is 22.1 Å². The Labute approximate surface area is 154 Å². The van der Waals surface area contributed by atoms with Gasteiger partial charge < -0.3 is 20.7 Å². The number of hydrogen-bond donors (Lipinski definition) is 2. The first-order valence-corrected chi connectivity index (χ1v) is 7.55. The van der Waals surface area contributed by atoms with Crippen molar-refractivity contribution in [3.05, 3.63) is 23.2 Å². The molecule has 7 heteroatoms. The van der Waals surface area contributed by atoms with E-state index in [0.29, 0.717) is 22.6 Å². The number of anilines is 1. The largest absolute Gasteiger partial charge is 0.495 e. The molecule has 0 radical (unpaired) electrons. The molecule has 1 atom stereocenters. The summed E-state index contributed by atoms with van der Waals surface area (Å²) in [6.07, 6.45) is 2.45. The van der Waals surface area contributed by atoms with Crippen molar-refractivity contribution in [2.75, 3.05) is 39.1 Å². The number of aliphatic imine (C=N–C) groups is 1. The van der Waals surface area contributed by atoms with Crippen molar-refractivity contribution >= 4 is 47.2 Å². The van der Waals surface area contributed by atoms with Crippen LogP contribution in [0.15, 0.2) is 23.2 Å². The van der Waals surface area contributed by atoms with Crippen LogP contribution in [0, 0.1) is 5.92 Å². The Kier molecular flexibility index (Phi) is 8.27. The summed E-state index contributed by atoms with van der Waals surface area (Å²) < 4.78 is 5.12. The van der Waals surface area contributed by atoms with Gasteiger partial charge in [0.2, 0.25) is 0 Å². The number of nitrogens with zero attached hydrogens (tertiary/aromatic N) is 2. The van der Waals surface area contributed by atoms with E-state index in [2.05, 4.69) is 22.3 Å². The second-order valence-electron chi connectivity index (χ2n) is 5.47. The molecule has 5 nitrogen and oxygen atoms in total. The topological polar surface area (TPSA) is 62.9 Å². The minimum atomic E-state index is 0. The zero-order valence-electron chi connectivity index (χ0n) is 13.0. The summed E-state index contributed by atoms with van der Waals surface area (Å²) in [6.45, 7) is 3.02. The van der Waals surface area contributed by atoms with Gasteiger partial charge in [0.25, 0.3) is 0 Å². The first kappa shape index (κ1) is 19.3. The number of guanidine groups is 1. The first-order chi connectivity index (χ1) is 10.1. The van der Waals surface area contributed by atoms with Crippen LogP contribution >= 0.6 is 35.6 Å². The minimum absolute atomic E-state index is 0. The fraction of sp³-hybridized carbons (Fsp3) is 0.533. The molecule has 0 spiro atoms. The fourth-order valence-corrected chi connectivity index (χ4v) is 2.84. The van der Waals surface area contributed by atoms with Crippen molar-refractivity contribution in [3.63, 3.8) is 0 Å². The molecule has 1 unspecified atom stereocenters. The van der Waals surface area contributed by atoms with Gasteiger partial charge in [-0.2, -0.15) is 0 Å². The number of nitrogens with two attached hydrogens (primary N) is 1. The Balaban J connectivity index is 0.00000242. The highest BCUT2D eigenvalue weighted by Crippen LogP contribution is 2.27. The molecule has 0 aromatic heterocycles. The molecule has 0 amide bonds. The molecule has 0 saturated carbocycles. The van der Waals surface area contributed by atoms with Gasteiger partial charge in [-0.15, -0.1) is 24.0 Å². The van der Waals surface area contributed by atoms with Gasteiger partial charge in [0.15, 0.2) is 5.96 Å². The van der Waals surface area contributed by atoms with Gasteiger partial charge in [-0.3, -0.25) is 4.99 Å². The lowest BCUT2D eigenvalue weighted by molar-refractivity contribution is 0.214. The molecule has 1 aromatic carbocycles. The van der Waals surface area contributed by atoms with Gasteiger partial charge in [0.05, 0.1) is 12.1 Å². The summed E-state index contributed by atoms with van der Waals surface area (Å²) in [7, 11) is 3.74. The molecule has 2 rings (SSSR count). The zero-order chi connectivity index (χ0) is 15.2. The van der Waals surface area contributed by atoms with Crippen LogP contribution in [0.2, 0.25) is 5.02 Å². The molecule has 3 N–H and O–H groups in total. The Bertz CT molecular complexity index is 512. The molecule has 1 fully saturated rings. The molecule has 22 heavy (non-hydrogen) atoms. The van der Waals surface area contributed by atoms with E-state index >= 15 is 0 Å². The normalized spacial score (nSPS) is 19.4. The quantitative estimate of drug-likeness (QED) is 0.431. The maximum absolute atomic E-state index is 6.08. The molecule has 1 aliphatic heterocycles. The van der Waals surface area contributed by atoms with Gasteiger partial charge in [0, 0.05) is 18.8 Å². The van der Waals surface area contributed by atoms with E-state index < -0.39 is 0 Å². The van der Waals surface area contributed by atoms with Crippen LogP contribution in [0.4, 0.5) is 5.69 Å². The molecule has 1 saturated heterocycles. The maximum atomic E-state index is 6.08. The van der Waals surface area contributed by atoms with Gasteiger partial charge in [0.1, 0.15) is 5.75 Å². The molecular formula is C15H24ClIN4O. The monoisotopic (exact) mass is 438 g/mol. The summed E-state index contributed by atoms with van der Waals surface area (Å²) in [5.41, 5.74) is 6.74. The van der Waals surface area contributed by atoms with E-state index in [1.54, 1.807) is 19.2 Å². The van der Waals surface area contributed by atoms with Crippen LogP contribution < -0.4 is 15.8 Å². The number of nitrogens with one attached hydrogen (secondary N) is 1. The number of hydrogen-bond acceptors (Lipinski definition) is 3. The Morgan fingerprint density at radius 3 is 2.95 bits per heavy atom. The molecule has 1 aliphatic rings. The zero-order valence-corrected chi connectivity index (χ0v) is 16.1. The van der Waals surface area contributed by atoms with Crippen molar-refractivity contribution < 1.29 is 4.74 Å². The summed E-state index contributed by atoms with van der Waals surface area (Å²) in [5.74, 6) is 1.65. The lowest BCUT2D eigenvalue weighted by Gasteiger charge is -2.28. The number of benzene rings is 1. The average molecular weight is 439 g/mol. The predicted octanol–water partition coefficient (Wildman–Crippen LogP) is 3.04. The number of ether oxygens (including phenoxy) is 1. The summed E-state index contributed by atoms with van der Waals surface area (Å²) in [6, 6.07) is 5.44. The van der Waals surface area contributed by atoms with Crippen LogP contribution in [-0.2, 0) is 0 Å². The molecule has 0 aliphatic carbocycles. The van der Waals surface area contributed by atoms with E-state index in [0.717, 1.165) is 18.8 Å². The third kappa shape index (κ3) is 5.81. The maximum Gasteiger partial charge on any atom is 0.193 e. The Morgan fingerprint density at radius 2 is 2.32 bits per heavy atom. The van der Waals surface area contributed by atoms with Gasteiger partial charge in [-0.05, 0) is 50.6 Å². The summed E-state index contributed by atoms with van der Waals surface area (Å²) in [5, 5.41) is 3.60. The molecule has 0 bridgehead atoms. The molecule has 124 valence electrons. The average Bonchev–Trinajstić information content (AvgIpc) is 2.45. The highest BCUT2D eigenvalue weighted by molar-refractivity contribution is 14.0. The Hall–Kier alpha value is -0.730. The van der Waals surface area contributed by atoms with E-state index in [1.807, 2.05) is 6.07 Å². The third-order valence-electron chi connectivity index (χ3n) is 3.67. The molecule has 1 aromatic rings. The second kappa shape index (κ2) is 9.42. The second-order valence-corrected chi connectivity index (χ2v) is 5.88. The van der Waals surface area contributed by atoms with Crippen molar-refractivity contribution in [1.82, 2.24) is 4.90 Å². The highest BCUT2D eigenvalue weighted by Gasteiger charge is 2.16. The highest BCUT2D eigenvalue weighted by atomic mass is 127. The summed E-state index contributed by atoms with van der Waals surface area (Å²) in [4.78, 5) is 6.78. The summed E-state index contributed by atoms with van der Waals surface area (Å²) >= 11 is 6.08. The van der Waals surface area contributed by atoms with Gasteiger partial charge >= 0.3 is 0 Å². The van der Waals surface area contributed by atoms with Gasteiger partial charge in [-0.25, -0.2) is 0 Å². The lowest BCUT2D eigenvalue weighted by Crippen LogP contribution is -2.34. The van der Waals surface area contributed by atoms with Crippen molar-refractivity contribution in [1.29, 1.82) is 0 Å². The minimum Gasteiger partial charge on any atom is -0.495 e. The number of piperidine rings is 1. The van der Waals surface area contributed by atoms with Crippen LogP contribution in [0.3, 0.4) is 0 Å². The van der Waals surface area contributed by atoms with E-state index in [9.17, 15) is 0 Å². The van der Waals surface area contributed by atoms with Gasteiger partial charge in [-0.1, -0.05) is 11.6 Å². The predicted molar refractivity (Wildman–Crippen MR) is 104 cm³/mol. The number of halogens is 2. The number of methoxy groups -OCH3 is 1. The van der Waals surface area contributed by atoms with Crippen LogP contribution in [0.5, 0.6) is 5.75 Å². The fourth-order valence-electron chi connectivity index (χ4n) is 2.58. The number of rotatable bonds is 4. The standard InChI is InChI=1S/C15H23ClN4O.HI/c1-20-7-3-4-11(10-20)9-18-15(17)19-12-5-6-14(21-2)13(16)8-12;/h5-6,8,11H,3-4,7,9-10H2,1-2H3,(H3,17,18,19);1H. The van der Waals surface area contributed by atoms with E-state index in [1.165, 1.54) is 19.4 Å². The molecular weight excluding hydrogens is 415 g/mol. The first-order valence-electron chi connectivity index (χ1n) is 7.17.